The number of hydrogen-bond acceptors (Lipinski definition) is 4. The van der Waals surface area contributed by atoms with Crippen LogP contribution in [-0.2, 0) is 0 Å². The van der Waals surface area contributed by atoms with E-state index in [1.165, 1.54) is 5.69 Å². The maximum atomic E-state index is 6.05. The zero-order valence-corrected chi connectivity index (χ0v) is 16.1. The van der Waals surface area contributed by atoms with E-state index < -0.39 is 0 Å². The van der Waals surface area contributed by atoms with Crippen molar-refractivity contribution in [2.45, 2.75) is 18.9 Å². The molecule has 28 heavy (non-hydrogen) atoms. The normalized spacial score (nSPS) is 16.8. The summed E-state index contributed by atoms with van der Waals surface area (Å²) in [5.74, 6) is 0.853. The van der Waals surface area contributed by atoms with E-state index in [4.69, 9.17) is 16.3 Å². The van der Waals surface area contributed by atoms with Crippen LogP contribution in [0.3, 0.4) is 0 Å². The zero-order chi connectivity index (χ0) is 18.9. The van der Waals surface area contributed by atoms with Crippen molar-refractivity contribution in [3.05, 3.63) is 72.0 Å². The number of pyridine rings is 2. The van der Waals surface area contributed by atoms with Crippen molar-refractivity contribution in [1.29, 1.82) is 0 Å². The lowest BCUT2D eigenvalue weighted by Crippen LogP contribution is -2.34. The van der Waals surface area contributed by atoms with Crippen molar-refractivity contribution in [1.82, 2.24) is 9.97 Å². The molecule has 3 heterocycles. The fourth-order valence-electron chi connectivity index (χ4n) is 4.04. The van der Waals surface area contributed by atoms with Gasteiger partial charge in [0.1, 0.15) is 12.4 Å². The van der Waals surface area contributed by atoms with Gasteiger partial charge < -0.3 is 9.64 Å². The highest BCUT2D eigenvalue weighted by Gasteiger charge is 2.27. The molecule has 2 aromatic heterocycles. The molecule has 0 radical (unpaired) electrons. The van der Waals surface area contributed by atoms with Crippen LogP contribution in [0, 0.1) is 0 Å². The summed E-state index contributed by atoms with van der Waals surface area (Å²) < 4.78 is 6.05. The molecule has 1 aliphatic heterocycles. The zero-order valence-electron chi connectivity index (χ0n) is 15.4. The topological polar surface area (TPSA) is 38.2 Å². The van der Waals surface area contributed by atoms with E-state index in [0.29, 0.717) is 12.6 Å². The molecule has 0 aliphatic carbocycles. The number of nitrogens with zero attached hydrogens (tertiary/aromatic N) is 3. The van der Waals surface area contributed by atoms with Gasteiger partial charge in [0.05, 0.1) is 17.1 Å². The van der Waals surface area contributed by atoms with Crippen LogP contribution in [-0.4, -0.2) is 29.2 Å². The predicted octanol–water partition coefficient (Wildman–Crippen LogP) is 5.48. The summed E-state index contributed by atoms with van der Waals surface area (Å²) in [6.45, 7) is 1.67. The smallest absolute Gasteiger partial charge is 0.119 e. The molecular weight excluding hydrogens is 370 g/mol. The first-order valence-electron chi connectivity index (χ1n) is 9.57. The molecule has 0 amide bonds. The number of anilines is 1. The second-order valence-corrected chi connectivity index (χ2v) is 7.56. The average molecular weight is 390 g/mol. The van der Waals surface area contributed by atoms with Gasteiger partial charge in [0.2, 0.25) is 0 Å². The fourth-order valence-corrected chi connectivity index (χ4v) is 4.17. The lowest BCUT2D eigenvalue weighted by Gasteiger charge is -2.28. The second kappa shape index (κ2) is 7.28. The van der Waals surface area contributed by atoms with Crippen molar-refractivity contribution in [3.8, 4) is 5.75 Å². The summed E-state index contributed by atoms with van der Waals surface area (Å²) in [5.41, 5.74) is 3.12. The highest BCUT2D eigenvalue weighted by Crippen LogP contribution is 2.34. The van der Waals surface area contributed by atoms with Gasteiger partial charge in [-0.25, -0.2) is 0 Å². The first kappa shape index (κ1) is 17.3. The van der Waals surface area contributed by atoms with Crippen molar-refractivity contribution in [2.24, 2.45) is 0 Å². The quantitative estimate of drug-likeness (QED) is 0.433. The molecule has 1 saturated heterocycles. The number of benzene rings is 2. The predicted molar refractivity (Wildman–Crippen MR) is 114 cm³/mol. The van der Waals surface area contributed by atoms with Crippen LogP contribution < -0.4 is 9.64 Å². The molecule has 0 spiro atoms. The molecule has 1 unspecified atom stereocenters. The van der Waals surface area contributed by atoms with Crippen LogP contribution in [0.5, 0.6) is 5.75 Å². The van der Waals surface area contributed by atoms with Gasteiger partial charge in [0.25, 0.3) is 0 Å². The van der Waals surface area contributed by atoms with Crippen molar-refractivity contribution >= 4 is 39.1 Å². The lowest BCUT2D eigenvalue weighted by molar-refractivity contribution is 0.289. The van der Waals surface area contributed by atoms with E-state index >= 15 is 0 Å². The highest BCUT2D eigenvalue weighted by molar-refractivity contribution is 6.30. The molecule has 4 nitrogen and oxygen atoms in total. The van der Waals surface area contributed by atoms with E-state index in [-0.39, 0.29) is 0 Å². The molecule has 1 atom stereocenters. The van der Waals surface area contributed by atoms with Crippen LogP contribution in [0.15, 0.2) is 67.0 Å². The van der Waals surface area contributed by atoms with Gasteiger partial charge in [0, 0.05) is 40.4 Å². The summed E-state index contributed by atoms with van der Waals surface area (Å²) in [6, 6.07) is 18.3. The summed E-state index contributed by atoms with van der Waals surface area (Å²) >= 11 is 5.96. The Morgan fingerprint density at radius 2 is 1.82 bits per heavy atom. The first-order chi connectivity index (χ1) is 13.8. The molecule has 2 aromatic carbocycles. The molecule has 5 rings (SSSR count). The van der Waals surface area contributed by atoms with Gasteiger partial charge in [0.15, 0.2) is 0 Å². The monoisotopic (exact) mass is 389 g/mol. The minimum Gasteiger partial charge on any atom is -0.491 e. The van der Waals surface area contributed by atoms with Crippen LogP contribution in [0.1, 0.15) is 12.8 Å². The standard InChI is InChI=1S/C23H20ClN3O/c24-17-6-8-19(9-7-17)28-15-18-4-2-14-27(18)21-11-13-26-23-20(21)10-5-16-3-1-12-25-22(16)23/h1,3,5-13,18H,2,4,14-15H2. The number of hydrogen-bond donors (Lipinski definition) is 0. The average Bonchev–Trinajstić information content (AvgIpc) is 3.21. The Morgan fingerprint density at radius 3 is 2.71 bits per heavy atom. The van der Waals surface area contributed by atoms with Crippen LogP contribution >= 0.6 is 11.6 Å². The Balaban J connectivity index is 1.46. The van der Waals surface area contributed by atoms with Crippen molar-refractivity contribution in [2.75, 3.05) is 18.1 Å². The molecular formula is C23H20ClN3O. The fraction of sp³-hybridized carbons (Fsp3) is 0.217. The van der Waals surface area contributed by atoms with E-state index in [2.05, 4.69) is 39.1 Å². The van der Waals surface area contributed by atoms with Gasteiger partial charge in [-0.2, -0.15) is 0 Å². The van der Waals surface area contributed by atoms with Crippen molar-refractivity contribution < 1.29 is 4.74 Å². The van der Waals surface area contributed by atoms with E-state index in [1.54, 1.807) is 0 Å². The lowest BCUT2D eigenvalue weighted by atomic mass is 10.1. The highest BCUT2D eigenvalue weighted by atomic mass is 35.5. The van der Waals surface area contributed by atoms with Crippen LogP contribution in [0.4, 0.5) is 5.69 Å². The van der Waals surface area contributed by atoms with Gasteiger partial charge in [-0.15, -0.1) is 0 Å². The molecule has 0 bridgehead atoms. The Bertz CT molecular complexity index is 1130. The SMILES string of the molecule is Clc1ccc(OCC2CCCN2c2ccnc3c2ccc2cccnc23)cc1. The van der Waals surface area contributed by atoms with Crippen LogP contribution in [0.2, 0.25) is 5.02 Å². The van der Waals surface area contributed by atoms with Gasteiger partial charge >= 0.3 is 0 Å². The molecule has 1 aliphatic rings. The number of rotatable bonds is 4. The third kappa shape index (κ3) is 3.14. The Labute approximate surface area is 168 Å². The summed E-state index contributed by atoms with van der Waals surface area (Å²) in [4.78, 5) is 11.7. The van der Waals surface area contributed by atoms with E-state index in [0.717, 1.165) is 52.0 Å². The number of halogens is 1. The largest absolute Gasteiger partial charge is 0.491 e. The minimum atomic E-state index is 0.334. The maximum absolute atomic E-state index is 6.05. The molecule has 4 aromatic rings. The number of fused-ring (bicyclic) bond motifs is 3. The molecule has 0 saturated carbocycles. The summed E-state index contributed by atoms with van der Waals surface area (Å²) in [6.07, 6.45) is 5.99. The Kier molecular flexibility index (Phi) is 4.49. The van der Waals surface area contributed by atoms with E-state index in [9.17, 15) is 0 Å². The summed E-state index contributed by atoms with van der Waals surface area (Å²) in [5, 5.41) is 2.98. The van der Waals surface area contributed by atoms with Crippen LogP contribution in [0.25, 0.3) is 21.8 Å². The van der Waals surface area contributed by atoms with E-state index in [1.807, 2.05) is 42.7 Å². The van der Waals surface area contributed by atoms with Crippen molar-refractivity contribution in [3.63, 3.8) is 0 Å². The number of ether oxygens (including phenoxy) is 1. The minimum absolute atomic E-state index is 0.334. The first-order valence-corrected chi connectivity index (χ1v) is 9.95. The maximum Gasteiger partial charge on any atom is 0.119 e. The number of aromatic nitrogens is 2. The van der Waals surface area contributed by atoms with Gasteiger partial charge in [-0.1, -0.05) is 23.7 Å². The molecule has 0 N–H and O–H groups in total. The molecule has 140 valence electrons. The summed E-state index contributed by atoms with van der Waals surface area (Å²) in [7, 11) is 0. The van der Waals surface area contributed by atoms with Gasteiger partial charge in [-0.3, -0.25) is 9.97 Å². The Morgan fingerprint density at radius 1 is 0.964 bits per heavy atom. The van der Waals surface area contributed by atoms with Gasteiger partial charge in [-0.05, 0) is 55.3 Å². The third-order valence-corrected chi connectivity index (χ3v) is 5.65. The Hall–Kier alpha value is -2.85. The second-order valence-electron chi connectivity index (χ2n) is 7.12. The molecule has 1 fully saturated rings. The third-order valence-electron chi connectivity index (χ3n) is 5.40. The molecule has 5 heteroatoms.